The number of phosphoric ester groups is 2. The molecule has 0 bridgehead atoms. The summed E-state index contributed by atoms with van der Waals surface area (Å²) in [6, 6.07) is 0. The molecule has 0 spiro atoms. The quantitative estimate of drug-likeness (QED) is 0.104. The molecule has 0 aliphatic carbocycles. The molecule has 2 aromatic rings. The van der Waals surface area contributed by atoms with E-state index in [0.29, 0.717) is 0 Å². The predicted molar refractivity (Wildman–Crippen MR) is 119 cm³/mol. The molecule has 0 amide bonds. The van der Waals surface area contributed by atoms with Gasteiger partial charge in [0.15, 0.2) is 34.2 Å². The summed E-state index contributed by atoms with van der Waals surface area (Å²) >= 11 is 3.17. The summed E-state index contributed by atoms with van der Waals surface area (Å²) in [7, 11) is -10.6. The largest absolute Gasteiger partial charge is 0.481 e. The molecule has 4 rings (SSSR count). The smallest absolute Gasteiger partial charge is 0.387 e. The summed E-state index contributed by atoms with van der Waals surface area (Å²) in [5, 5.41) is 49.2. The number of nitrogens with two attached hydrogens (primary N) is 1. The Balaban J connectivity index is 1.36. The SMILES string of the molecule is Nc1ncnc2c1nc(Br)n2[C@@H]1O[C@H](COP(=O)(O)OP(=O)(O)OC[C@H]2OC(O)[C@H](O)[C@@H]2O)[C@@H](O)[C@H]1O. The zero-order valence-electron chi connectivity index (χ0n) is 18.2. The van der Waals surface area contributed by atoms with Gasteiger partial charge in [-0.1, -0.05) is 0 Å². The Labute approximate surface area is 214 Å². The van der Waals surface area contributed by atoms with Gasteiger partial charge in [0.1, 0.15) is 43.0 Å². The highest BCUT2D eigenvalue weighted by atomic mass is 79.9. The molecule has 0 radical (unpaired) electrons. The van der Waals surface area contributed by atoms with Crippen molar-refractivity contribution in [3.05, 3.63) is 11.1 Å². The van der Waals surface area contributed by atoms with Gasteiger partial charge in [-0.05, 0) is 15.9 Å². The molecular weight excluding hydrogens is 616 g/mol. The average molecular weight is 638 g/mol. The number of nitrogen functional groups attached to an aromatic ring is 1. The highest BCUT2D eigenvalue weighted by Gasteiger charge is 2.47. The van der Waals surface area contributed by atoms with Gasteiger partial charge in [-0.15, -0.1) is 0 Å². The number of aromatic nitrogens is 4. The van der Waals surface area contributed by atoms with Gasteiger partial charge in [0.25, 0.3) is 0 Å². The van der Waals surface area contributed by atoms with Crippen LogP contribution in [0.1, 0.15) is 6.23 Å². The second kappa shape index (κ2) is 10.8. The zero-order valence-corrected chi connectivity index (χ0v) is 21.6. The molecule has 208 valence electrons. The van der Waals surface area contributed by atoms with Gasteiger partial charge in [0, 0.05) is 0 Å². The molecule has 22 heteroatoms. The van der Waals surface area contributed by atoms with Gasteiger partial charge in [-0.2, -0.15) is 4.31 Å². The lowest BCUT2D eigenvalue weighted by Gasteiger charge is -2.20. The Morgan fingerprint density at radius 1 is 0.946 bits per heavy atom. The number of aliphatic hydroxyl groups is 5. The van der Waals surface area contributed by atoms with Gasteiger partial charge >= 0.3 is 15.6 Å². The van der Waals surface area contributed by atoms with Crippen LogP contribution in [-0.2, 0) is 32.0 Å². The summed E-state index contributed by atoms with van der Waals surface area (Å²) in [6.45, 7) is -1.81. The molecule has 37 heavy (non-hydrogen) atoms. The first kappa shape index (κ1) is 28.8. The fourth-order valence-electron chi connectivity index (χ4n) is 3.58. The lowest BCUT2D eigenvalue weighted by atomic mass is 10.1. The van der Waals surface area contributed by atoms with Crippen molar-refractivity contribution in [3.63, 3.8) is 0 Å². The first-order valence-corrected chi connectivity index (χ1v) is 14.0. The Morgan fingerprint density at radius 3 is 2.08 bits per heavy atom. The van der Waals surface area contributed by atoms with Crippen molar-refractivity contribution in [2.75, 3.05) is 18.9 Å². The van der Waals surface area contributed by atoms with Crippen molar-refractivity contribution < 1.29 is 67.3 Å². The Kier molecular flexibility index (Phi) is 8.38. The summed E-state index contributed by atoms with van der Waals surface area (Å²) in [5.41, 5.74) is 6.07. The van der Waals surface area contributed by atoms with Crippen LogP contribution in [0.2, 0.25) is 0 Å². The number of anilines is 1. The van der Waals surface area contributed by atoms with Gasteiger partial charge in [0.05, 0.1) is 13.2 Å². The van der Waals surface area contributed by atoms with Crippen LogP contribution < -0.4 is 5.73 Å². The summed E-state index contributed by atoms with van der Waals surface area (Å²) in [5.74, 6) is 0.0350. The number of hydrogen-bond acceptors (Lipinski definition) is 16. The van der Waals surface area contributed by atoms with Crippen LogP contribution in [-0.4, -0.2) is 111 Å². The highest BCUT2D eigenvalue weighted by molar-refractivity contribution is 9.10. The van der Waals surface area contributed by atoms with E-state index in [1.807, 2.05) is 0 Å². The van der Waals surface area contributed by atoms with E-state index < -0.39 is 78.0 Å². The van der Waals surface area contributed by atoms with Gasteiger partial charge in [-0.25, -0.2) is 24.1 Å². The topological polar surface area (TPSA) is 292 Å². The third kappa shape index (κ3) is 6.03. The molecule has 2 aliphatic heterocycles. The van der Waals surface area contributed by atoms with E-state index in [-0.39, 0.29) is 21.7 Å². The molecular formula is C15H22BrN5O14P2. The van der Waals surface area contributed by atoms with Crippen molar-refractivity contribution in [2.45, 2.75) is 49.1 Å². The van der Waals surface area contributed by atoms with E-state index in [2.05, 4.69) is 44.2 Å². The van der Waals surface area contributed by atoms with E-state index >= 15 is 0 Å². The number of fused-ring (bicyclic) bond motifs is 1. The maximum absolute atomic E-state index is 12.2. The van der Waals surface area contributed by atoms with Crippen LogP contribution in [0.5, 0.6) is 0 Å². The minimum Gasteiger partial charge on any atom is -0.387 e. The van der Waals surface area contributed by atoms with Crippen molar-refractivity contribution in [1.82, 2.24) is 19.5 Å². The second-order valence-corrected chi connectivity index (χ2v) is 11.6. The van der Waals surface area contributed by atoms with Crippen LogP contribution in [0.4, 0.5) is 5.82 Å². The summed E-state index contributed by atoms with van der Waals surface area (Å²) in [6.07, 6.45) is -11.5. The van der Waals surface area contributed by atoms with Crippen molar-refractivity contribution in [2.24, 2.45) is 0 Å². The van der Waals surface area contributed by atoms with E-state index in [4.69, 9.17) is 15.2 Å². The third-order valence-corrected chi connectivity index (χ3v) is 8.56. The number of hydrogen-bond donors (Lipinski definition) is 8. The van der Waals surface area contributed by atoms with E-state index in [9.17, 15) is 44.4 Å². The van der Waals surface area contributed by atoms with Crippen LogP contribution in [0.3, 0.4) is 0 Å². The summed E-state index contributed by atoms with van der Waals surface area (Å²) in [4.78, 5) is 31.5. The molecule has 19 nitrogen and oxygen atoms in total. The van der Waals surface area contributed by atoms with Crippen molar-refractivity contribution in [1.29, 1.82) is 0 Å². The standard InChI is InChI=1S/C15H22BrN5O14P2/c16-15-20-6-11(17)18-3-19-12(6)21(15)13-9(24)7(22)4(33-13)1-31-36(27,28)35-37(29,30)32-2-5-8(23)10(25)14(26)34-5/h3-5,7-10,13-14,22-26H,1-2H2,(H,27,28)(H,29,30)(H2,17,18,19)/t4-,5-,7-,8-,9-,10-,13-,14?/m1/s1. The number of phosphoric acid groups is 2. The Morgan fingerprint density at radius 2 is 1.51 bits per heavy atom. The maximum Gasteiger partial charge on any atom is 0.481 e. The molecule has 2 fully saturated rings. The van der Waals surface area contributed by atoms with Crippen LogP contribution >= 0.6 is 31.6 Å². The number of nitrogens with zero attached hydrogens (tertiary/aromatic N) is 4. The molecule has 0 saturated carbocycles. The van der Waals surface area contributed by atoms with E-state index in [1.54, 1.807) is 0 Å². The van der Waals surface area contributed by atoms with E-state index in [0.717, 1.165) is 6.33 Å². The molecule has 0 aromatic carbocycles. The molecule has 3 unspecified atom stereocenters. The molecule has 2 aliphatic rings. The highest BCUT2D eigenvalue weighted by Crippen LogP contribution is 2.60. The molecule has 2 aromatic heterocycles. The lowest BCUT2D eigenvalue weighted by molar-refractivity contribution is -0.132. The van der Waals surface area contributed by atoms with Gasteiger partial charge in [-0.3, -0.25) is 13.6 Å². The number of ether oxygens (including phenoxy) is 2. The lowest BCUT2D eigenvalue weighted by Crippen LogP contribution is -2.34. The number of rotatable bonds is 9. The van der Waals surface area contributed by atoms with Crippen LogP contribution in [0.25, 0.3) is 11.2 Å². The predicted octanol–water partition coefficient (Wildman–Crippen LogP) is -2.52. The Bertz CT molecular complexity index is 1240. The molecule has 10 atom stereocenters. The Hall–Kier alpha value is -1.19. The minimum absolute atomic E-state index is 0.0350. The maximum atomic E-state index is 12.2. The van der Waals surface area contributed by atoms with Gasteiger partial charge < -0.3 is 50.5 Å². The fraction of sp³-hybridized carbons (Fsp3) is 0.667. The monoisotopic (exact) mass is 637 g/mol. The first-order valence-electron chi connectivity index (χ1n) is 10.2. The fourth-order valence-corrected chi connectivity index (χ4v) is 6.22. The van der Waals surface area contributed by atoms with Crippen LogP contribution in [0, 0.1) is 0 Å². The number of imidazole rings is 1. The molecule has 4 heterocycles. The molecule has 9 N–H and O–H groups in total. The van der Waals surface area contributed by atoms with Gasteiger partial charge in [0.2, 0.25) is 0 Å². The summed E-state index contributed by atoms with van der Waals surface area (Å²) < 4.78 is 49.1. The normalized spacial score (nSPS) is 35.6. The van der Waals surface area contributed by atoms with Crippen molar-refractivity contribution in [3.8, 4) is 0 Å². The minimum atomic E-state index is -5.33. The first-order chi connectivity index (χ1) is 17.2. The number of halogens is 1. The average Bonchev–Trinajstić information content (AvgIpc) is 3.38. The number of aliphatic hydroxyl groups excluding tert-OH is 5. The van der Waals surface area contributed by atoms with E-state index in [1.165, 1.54) is 4.57 Å². The third-order valence-electron chi connectivity index (χ3n) is 5.40. The van der Waals surface area contributed by atoms with Crippen LogP contribution in [0.15, 0.2) is 11.1 Å². The van der Waals surface area contributed by atoms with Crippen molar-refractivity contribution >= 4 is 48.6 Å². The zero-order chi connectivity index (χ0) is 27.3. The molecule has 2 saturated heterocycles. The second-order valence-electron chi connectivity index (χ2n) is 7.88.